The fourth-order valence-electron chi connectivity index (χ4n) is 0.581. The van der Waals surface area contributed by atoms with Gasteiger partial charge in [0.1, 0.15) is 5.82 Å². The molecule has 1 unspecified atom stereocenters. The average Bonchev–Trinajstić information content (AvgIpc) is 2.45. The van der Waals surface area contributed by atoms with Gasteiger partial charge in [0.15, 0.2) is 10.4 Å². The quantitative estimate of drug-likeness (QED) is 0.824. The summed E-state index contributed by atoms with van der Waals surface area (Å²) in [6.45, 7) is 1.65. The van der Waals surface area contributed by atoms with Crippen LogP contribution in [0.1, 0.15) is 5.82 Å². The van der Waals surface area contributed by atoms with E-state index in [2.05, 4.69) is 9.36 Å². The van der Waals surface area contributed by atoms with Gasteiger partial charge in [0.05, 0.1) is 0 Å². The summed E-state index contributed by atoms with van der Waals surface area (Å²) in [7, 11) is 0. The number of nitrogens with zero attached hydrogens (tertiary/aromatic N) is 2. The smallest absolute Gasteiger partial charge is 0.383 e. The largest absolute Gasteiger partial charge is 0.415 e. The first-order valence-corrected chi connectivity index (χ1v) is 5.33. The molecule has 0 saturated carbocycles. The average molecular weight is 244 g/mol. The van der Waals surface area contributed by atoms with Crippen molar-refractivity contribution in [2.75, 3.05) is 5.75 Å². The maximum atomic E-state index is 11.9. The van der Waals surface area contributed by atoms with Gasteiger partial charge < -0.3 is 5.11 Å². The van der Waals surface area contributed by atoms with Gasteiger partial charge in [-0.1, -0.05) is 11.8 Å². The Morgan fingerprint density at radius 2 is 2.21 bits per heavy atom. The zero-order valence-corrected chi connectivity index (χ0v) is 8.71. The number of halogens is 3. The lowest BCUT2D eigenvalue weighted by atomic mass is 10.4. The minimum absolute atomic E-state index is 0.436. The number of aliphatic hydroxyl groups excluding tert-OH is 1. The van der Waals surface area contributed by atoms with Crippen molar-refractivity contribution in [3.05, 3.63) is 5.82 Å². The zero-order chi connectivity index (χ0) is 10.8. The lowest BCUT2D eigenvalue weighted by Gasteiger charge is -2.12. The summed E-state index contributed by atoms with van der Waals surface area (Å²) in [5.41, 5.74) is 0. The summed E-state index contributed by atoms with van der Waals surface area (Å²) >= 11 is 1.88. The number of aromatic nitrogens is 2. The van der Waals surface area contributed by atoms with E-state index in [4.69, 9.17) is 5.11 Å². The SMILES string of the molecule is Cc1nsc(SCC(O)C(F)(F)F)n1. The molecule has 0 amide bonds. The van der Waals surface area contributed by atoms with Crippen LogP contribution in [0.4, 0.5) is 13.2 Å². The van der Waals surface area contributed by atoms with E-state index >= 15 is 0 Å². The van der Waals surface area contributed by atoms with Crippen molar-refractivity contribution in [1.29, 1.82) is 0 Å². The molecule has 1 aromatic heterocycles. The minimum atomic E-state index is -4.56. The second-order valence-corrected chi connectivity index (χ2v) is 4.49. The lowest BCUT2D eigenvalue weighted by Crippen LogP contribution is -2.30. The van der Waals surface area contributed by atoms with Crippen LogP contribution in [0.2, 0.25) is 0 Å². The van der Waals surface area contributed by atoms with E-state index in [1.165, 1.54) is 0 Å². The molecule has 14 heavy (non-hydrogen) atoms. The van der Waals surface area contributed by atoms with Crippen molar-refractivity contribution in [2.45, 2.75) is 23.5 Å². The van der Waals surface area contributed by atoms with E-state index in [0.29, 0.717) is 10.2 Å². The number of aryl methyl sites for hydroxylation is 1. The third-order valence-corrected chi connectivity index (χ3v) is 3.25. The molecule has 1 N–H and O–H groups in total. The van der Waals surface area contributed by atoms with Crippen LogP contribution in [0, 0.1) is 6.92 Å². The highest BCUT2D eigenvalue weighted by molar-refractivity contribution is 8.00. The predicted molar refractivity (Wildman–Crippen MR) is 47.4 cm³/mol. The summed E-state index contributed by atoms with van der Waals surface area (Å²) in [5.74, 6) is 0.0806. The predicted octanol–water partition coefficient (Wildman–Crippen LogP) is 1.86. The molecule has 0 fully saturated rings. The number of alkyl halides is 3. The molecular formula is C6H7F3N2OS2. The second-order valence-electron chi connectivity index (χ2n) is 2.48. The maximum absolute atomic E-state index is 11.9. The Labute approximate surface area is 86.5 Å². The van der Waals surface area contributed by atoms with Gasteiger partial charge in [-0.25, -0.2) is 4.98 Å². The van der Waals surface area contributed by atoms with E-state index in [1.54, 1.807) is 6.92 Å². The van der Waals surface area contributed by atoms with Crippen LogP contribution in [-0.4, -0.2) is 32.5 Å². The van der Waals surface area contributed by atoms with Crippen molar-refractivity contribution in [2.24, 2.45) is 0 Å². The topological polar surface area (TPSA) is 46.0 Å². The second kappa shape index (κ2) is 4.45. The highest BCUT2D eigenvalue weighted by Crippen LogP contribution is 2.27. The number of aliphatic hydroxyl groups is 1. The van der Waals surface area contributed by atoms with Crippen LogP contribution in [0.25, 0.3) is 0 Å². The third-order valence-electron chi connectivity index (χ3n) is 1.25. The van der Waals surface area contributed by atoms with Gasteiger partial charge in [0, 0.05) is 5.75 Å². The molecule has 1 aromatic rings. The van der Waals surface area contributed by atoms with Crippen LogP contribution in [0.15, 0.2) is 4.34 Å². The molecule has 8 heteroatoms. The Bertz CT molecular complexity index is 302. The van der Waals surface area contributed by atoms with Crippen molar-refractivity contribution < 1.29 is 18.3 Å². The molecule has 3 nitrogen and oxygen atoms in total. The molecule has 0 aromatic carbocycles. The number of hydrogen-bond acceptors (Lipinski definition) is 5. The van der Waals surface area contributed by atoms with Gasteiger partial charge in [-0.05, 0) is 18.5 Å². The molecule has 0 aliphatic heterocycles. The number of thioether (sulfide) groups is 1. The van der Waals surface area contributed by atoms with E-state index in [-0.39, 0.29) is 0 Å². The van der Waals surface area contributed by atoms with Crippen molar-refractivity contribution >= 4 is 23.3 Å². The van der Waals surface area contributed by atoms with Gasteiger partial charge in [-0.2, -0.15) is 17.5 Å². The van der Waals surface area contributed by atoms with E-state index in [1.807, 2.05) is 0 Å². The van der Waals surface area contributed by atoms with Crippen LogP contribution >= 0.6 is 23.3 Å². The summed E-state index contributed by atoms with van der Waals surface area (Å²) in [6.07, 6.45) is -6.87. The third kappa shape index (κ3) is 3.43. The fraction of sp³-hybridized carbons (Fsp3) is 0.667. The van der Waals surface area contributed by atoms with Crippen LogP contribution in [-0.2, 0) is 0 Å². The number of rotatable bonds is 3. The van der Waals surface area contributed by atoms with E-state index in [0.717, 1.165) is 23.3 Å². The molecule has 0 aliphatic rings. The van der Waals surface area contributed by atoms with Gasteiger partial charge in [-0.3, -0.25) is 0 Å². The normalized spacial score (nSPS) is 14.4. The lowest BCUT2D eigenvalue weighted by molar-refractivity contribution is -0.195. The molecule has 0 radical (unpaired) electrons. The summed E-state index contributed by atoms with van der Waals surface area (Å²) < 4.78 is 39.8. The Kier molecular flexibility index (Phi) is 3.73. The van der Waals surface area contributed by atoms with Crippen LogP contribution in [0.3, 0.4) is 0 Å². The van der Waals surface area contributed by atoms with Crippen molar-refractivity contribution in [3.8, 4) is 0 Å². The highest BCUT2D eigenvalue weighted by Gasteiger charge is 2.38. The Morgan fingerprint density at radius 3 is 2.64 bits per heavy atom. The van der Waals surface area contributed by atoms with Gasteiger partial charge >= 0.3 is 6.18 Å². The fourth-order valence-corrected chi connectivity index (χ4v) is 2.22. The summed E-state index contributed by atoms with van der Waals surface area (Å²) in [6, 6.07) is 0. The maximum Gasteiger partial charge on any atom is 0.415 e. The minimum Gasteiger partial charge on any atom is -0.383 e. The Balaban J connectivity index is 2.41. The van der Waals surface area contributed by atoms with Gasteiger partial charge in [0.25, 0.3) is 0 Å². The molecule has 0 spiro atoms. The van der Waals surface area contributed by atoms with Gasteiger partial charge in [-0.15, -0.1) is 0 Å². The highest BCUT2D eigenvalue weighted by atomic mass is 32.2. The Morgan fingerprint density at radius 1 is 1.57 bits per heavy atom. The molecule has 0 saturated heterocycles. The molecule has 80 valence electrons. The Hall–Kier alpha value is -0.340. The summed E-state index contributed by atoms with van der Waals surface area (Å²) in [4.78, 5) is 3.86. The summed E-state index contributed by atoms with van der Waals surface area (Å²) in [5, 5.41) is 8.66. The first-order chi connectivity index (χ1) is 6.39. The van der Waals surface area contributed by atoms with E-state index in [9.17, 15) is 13.2 Å². The van der Waals surface area contributed by atoms with Crippen molar-refractivity contribution in [3.63, 3.8) is 0 Å². The molecular weight excluding hydrogens is 237 g/mol. The number of hydrogen-bond donors (Lipinski definition) is 1. The monoisotopic (exact) mass is 244 g/mol. The first-order valence-electron chi connectivity index (χ1n) is 3.57. The van der Waals surface area contributed by atoms with E-state index < -0.39 is 18.0 Å². The molecule has 1 atom stereocenters. The van der Waals surface area contributed by atoms with Crippen molar-refractivity contribution in [1.82, 2.24) is 9.36 Å². The molecule has 0 aliphatic carbocycles. The first kappa shape index (κ1) is 11.7. The van der Waals surface area contributed by atoms with Crippen LogP contribution < -0.4 is 0 Å². The standard InChI is InChI=1S/C6H7F3N2OS2/c1-3-10-5(14-11-3)13-2-4(12)6(7,8)9/h4,12H,2H2,1H3. The molecule has 0 bridgehead atoms. The zero-order valence-electron chi connectivity index (χ0n) is 7.08. The van der Waals surface area contributed by atoms with Crippen LogP contribution in [0.5, 0.6) is 0 Å². The molecule has 1 heterocycles. The van der Waals surface area contributed by atoms with Gasteiger partial charge in [0.2, 0.25) is 0 Å². The molecule has 1 rings (SSSR count).